The Morgan fingerprint density at radius 1 is 1.46 bits per heavy atom. The van der Waals surface area contributed by atoms with Crippen molar-refractivity contribution in [1.29, 1.82) is 0 Å². The zero-order chi connectivity index (χ0) is 16.9. The first-order valence-electron chi connectivity index (χ1n) is 8.39. The van der Waals surface area contributed by atoms with E-state index in [2.05, 4.69) is 17.4 Å². The molecule has 1 aliphatic rings. The van der Waals surface area contributed by atoms with E-state index in [4.69, 9.17) is 9.26 Å². The van der Waals surface area contributed by atoms with Crippen LogP contribution in [0.15, 0.2) is 34.9 Å². The van der Waals surface area contributed by atoms with Gasteiger partial charge in [-0.15, -0.1) is 0 Å². The van der Waals surface area contributed by atoms with Gasteiger partial charge in [-0.1, -0.05) is 24.2 Å². The van der Waals surface area contributed by atoms with Gasteiger partial charge in [-0.25, -0.2) is 4.79 Å². The molecule has 0 spiro atoms. The van der Waals surface area contributed by atoms with Crippen LogP contribution in [0.3, 0.4) is 0 Å². The molecule has 1 N–H and O–H groups in total. The summed E-state index contributed by atoms with van der Waals surface area (Å²) in [5.41, 5.74) is 1.51. The van der Waals surface area contributed by atoms with Crippen LogP contribution in [-0.4, -0.2) is 29.7 Å². The van der Waals surface area contributed by atoms with E-state index < -0.39 is 0 Å². The van der Waals surface area contributed by atoms with Crippen molar-refractivity contribution in [2.24, 2.45) is 0 Å². The number of nitrogens with zero attached hydrogens (tertiary/aromatic N) is 2. The summed E-state index contributed by atoms with van der Waals surface area (Å²) in [5.74, 6) is 1.53. The first kappa shape index (κ1) is 16.4. The number of hydrogen-bond acceptors (Lipinski definition) is 4. The zero-order valence-corrected chi connectivity index (χ0v) is 14.1. The Kier molecular flexibility index (Phi) is 5.03. The summed E-state index contributed by atoms with van der Waals surface area (Å²) in [6.07, 6.45) is 3.74. The molecule has 128 valence electrons. The number of urea groups is 1. The number of benzene rings is 1. The van der Waals surface area contributed by atoms with E-state index >= 15 is 0 Å². The second-order valence-corrected chi connectivity index (χ2v) is 5.95. The number of carbonyl (C=O) groups excluding carboxylic acids is 1. The lowest BCUT2D eigenvalue weighted by atomic mass is 10.1. The van der Waals surface area contributed by atoms with Gasteiger partial charge in [0.05, 0.1) is 18.8 Å². The predicted molar refractivity (Wildman–Crippen MR) is 91.2 cm³/mol. The van der Waals surface area contributed by atoms with Gasteiger partial charge in [0.25, 0.3) is 0 Å². The number of anilines is 1. The average molecular weight is 329 g/mol. The maximum Gasteiger partial charge on any atom is 0.322 e. The molecule has 3 rings (SSSR count). The van der Waals surface area contributed by atoms with E-state index in [1.807, 2.05) is 35.2 Å². The van der Waals surface area contributed by atoms with Crippen molar-refractivity contribution in [1.82, 2.24) is 10.1 Å². The van der Waals surface area contributed by atoms with Gasteiger partial charge in [-0.2, -0.15) is 0 Å². The summed E-state index contributed by atoms with van der Waals surface area (Å²) in [7, 11) is 1.59. The topological polar surface area (TPSA) is 67.6 Å². The number of methoxy groups -OCH3 is 1. The molecule has 1 saturated heterocycles. The van der Waals surface area contributed by atoms with Crippen LogP contribution in [0.2, 0.25) is 0 Å². The number of ether oxygens (including phenoxy) is 1. The van der Waals surface area contributed by atoms with Crippen molar-refractivity contribution in [3.8, 4) is 5.75 Å². The second kappa shape index (κ2) is 7.38. The van der Waals surface area contributed by atoms with E-state index in [-0.39, 0.29) is 12.1 Å². The quantitative estimate of drug-likeness (QED) is 0.900. The highest BCUT2D eigenvalue weighted by Gasteiger charge is 2.32. The Morgan fingerprint density at radius 2 is 2.29 bits per heavy atom. The third-order valence-corrected chi connectivity index (χ3v) is 4.28. The predicted octanol–water partition coefficient (Wildman–Crippen LogP) is 4.00. The summed E-state index contributed by atoms with van der Waals surface area (Å²) in [6, 6.07) is 9.20. The molecule has 1 atom stereocenters. The maximum absolute atomic E-state index is 12.7. The third-order valence-electron chi connectivity index (χ3n) is 4.28. The number of amides is 2. The average Bonchev–Trinajstić information content (AvgIpc) is 3.24. The van der Waals surface area contributed by atoms with Crippen LogP contribution in [-0.2, 0) is 6.42 Å². The molecule has 0 saturated carbocycles. The normalized spacial score (nSPS) is 17.1. The highest BCUT2D eigenvalue weighted by molar-refractivity contribution is 5.91. The number of carbonyl (C=O) groups is 1. The monoisotopic (exact) mass is 329 g/mol. The van der Waals surface area contributed by atoms with Crippen LogP contribution in [0.25, 0.3) is 0 Å². The molecule has 2 heterocycles. The molecule has 0 bridgehead atoms. The standard InChI is InChI=1S/C18H23N3O3/c1-3-7-13-12-15(20-24-13)16-9-6-11-21(16)18(22)19-14-8-4-5-10-17(14)23-2/h4-5,8,10,12,16H,3,6-7,9,11H2,1-2H3,(H,19,22)/t16-/m0/s1. The zero-order valence-electron chi connectivity index (χ0n) is 14.1. The Morgan fingerprint density at radius 3 is 3.08 bits per heavy atom. The van der Waals surface area contributed by atoms with Crippen molar-refractivity contribution >= 4 is 11.7 Å². The van der Waals surface area contributed by atoms with Crippen molar-refractivity contribution in [3.63, 3.8) is 0 Å². The molecule has 24 heavy (non-hydrogen) atoms. The number of aromatic nitrogens is 1. The molecule has 2 amide bonds. The van der Waals surface area contributed by atoms with Crippen LogP contribution in [0.1, 0.15) is 43.7 Å². The van der Waals surface area contributed by atoms with Crippen LogP contribution in [0.4, 0.5) is 10.5 Å². The molecular formula is C18H23N3O3. The first-order chi connectivity index (χ1) is 11.7. The van der Waals surface area contributed by atoms with Crippen LogP contribution in [0.5, 0.6) is 5.75 Å². The van der Waals surface area contributed by atoms with Gasteiger partial charge in [-0.05, 0) is 31.4 Å². The van der Waals surface area contributed by atoms with Crippen LogP contribution >= 0.6 is 0 Å². The molecule has 1 aromatic heterocycles. The van der Waals surface area contributed by atoms with E-state index in [1.54, 1.807) is 7.11 Å². The van der Waals surface area contributed by atoms with Crippen LogP contribution < -0.4 is 10.1 Å². The Labute approximate surface area is 141 Å². The third kappa shape index (κ3) is 3.37. The minimum atomic E-state index is -0.137. The number of rotatable bonds is 5. The fourth-order valence-corrected chi connectivity index (χ4v) is 3.10. The van der Waals surface area contributed by atoms with Gasteiger partial charge in [0.15, 0.2) is 0 Å². The molecule has 1 aromatic carbocycles. The smallest absolute Gasteiger partial charge is 0.322 e. The lowest BCUT2D eigenvalue weighted by Crippen LogP contribution is -2.34. The van der Waals surface area contributed by atoms with Crippen molar-refractivity contribution in [2.45, 2.75) is 38.6 Å². The van der Waals surface area contributed by atoms with Gasteiger partial charge < -0.3 is 19.5 Å². The minimum Gasteiger partial charge on any atom is -0.495 e. The fourth-order valence-electron chi connectivity index (χ4n) is 3.10. The largest absolute Gasteiger partial charge is 0.495 e. The van der Waals surface area contributed by atoms with Gasteiger partial charge in [0, 0.05) is 19.0 Å². The van der Waals surface area contributed by atoms with Gasteiger partial charge in [0.1, 0.15) is 17.2 Å². The summed E-state index contributed by atoms with van der Waals surface area (Å²) in [5, 5.41) is 7.11. The summed E-state index contributed by atoms with van der Waals surface area (Å²) in [6.45, 7) is 2.81. The lowest BCUT2D eigenvalue weighted by molar-refractivity contribution is 0.204. The number of likely N-dealkylation sites (tertiary alicyclic amines) is 1. The highest BCUT2D eigenvalue weighted by atomic mass is 16.5. The van der Waals surface area contributed by atoms with E-state index in [9.17, 15) is 4.79 Å². The maximum atomic E-state index is 12.7. The van der Waals surface area contributed by atoms with Crippen molar-refractivity contribution < 1.29 is 14.1 Å². The van der Waals surface area contributed by atoms with Crippen LogP contribution in [0, 0.1) is 0 Å². The SMILES string of the molecule is CCCc1cc([C@@H]2CCCN2C(=O)Nc2ccccc2OC)no1. The van der Waals surface area contributed by atoms with Gasteiger partial charge in [0.2, 0.25) is 0 Å². The van der Waals surface area contributed by atoms with E-state index in [1.165, 1.54) is 0 Å². The molecule has 0 unspecified atom stereocenters. The Bertz CT molecular complexity index is 698. The molecule has 6 nitrogen and oxygen atoms in total. The summed E-state index contributed by atoms with van der Waals surface area (Å²) >= 11 is 0. The van der Waals surface area contributed by atoms with E-state index in [0.717, 1.165) is 37.1 Å². The van der Waals surface area contributed by atoms with Crippen molar-refractivity contribution in [2.75, 3.05) is 19.0 Å². The molecular weight excluding hydrogens is 306 g/mol. The van der Waals surface area contributed by atoms with Crippen molar-refractivity contribution in [3.05, 3.63) is 41.8 Å². The molecule has 6 heteroatoms. The number of para-hydroxylation sites is 2. The van der Waals surface area contributed by atoms with Gasteiger partial charge in [-0.3, -0.25) is 0 Å². The minimum absolute atomic E-state index is 0.0333. The highest BCUT2D eigenvalue weighted by Crippen LogP contribution is 2.33. The fraction of sp³-hybridized carbons (Fsp3) is 0.444. The lowest BCUT2D eigenvalue weighted by Gasteiger charge is -2.23. The molecule has 1 aliphatic heterocycles. The molecule has 2 aromatic rings. The number of hydrogen-bond donors (Lipinski definition) is 1. The number of aryl methyl sites for hydroxylation is 1. The first-order valence-corrected chi connectivity index (χ1v) is 8.39. The molecule has 1 fully saturated rings. The van der Waals surface area contributed by atoms with E-state index in [0.29, 0.717) is 18.0 Å². The Hall–Kier alpha value is -2.50. The Balaban J connectivity index is 1.73. The molecule has 0 aliphatic carbocycles. The number of nitrogens with one attached hydrogen (secondary N) is 1. The summed E-state index contributed by atoms with van der Waals surface area (Å²) < 4.78 is 10.7. The van der Waals surface area contributed by atoms with Gasteiger partial charge >= 0.3 is 6.03 Å². The molecule has 0 radical (unpaired) electrons. The second-order valence-electron chi connectivity index (χ2n) is 5.95. The summed E-state index contributed by atoms with van der Waals surface area (Å²) in [4.78, 5) is 14.5.